The third-order valence-corrected chi connectivity index (χ3v) is 5.24. The molecule has 160 valence electrons. The molecule has 1 aromatic rings. The smallest absolute Gasteiger partial charge is 0.337 e. The number of non-ortho nitro benzene ring substituents is 1. The maximum absolute atomic E-state index is 12.0. The van der Waals surface area contributed by atoms with Crippen LogP contribution in [0.5, 0.6) is 0 Å². The lowest BCUT2D eigenvalue weighted by atomic mass is 9.80. The van der Waals surface area contributed by atoms with Crippen LogP contribution in [0.1, 0.15) is 31.1 Å². The van der Waals surface area contributed by atoms with Crippen molar-refractivity contribution in [3.05, 3.63) is 51.8 Å². The number of aliphatic hydroxyl groups is 1. The molecule has 1 aliphatic carbocycles. The predicted molar refractivity (Wildman–Crippen MR) is 101 cm³/mol. The van der Waals surface area contributed by atoms with Gasteiger partial charge in [0.1, 0.15) is 17.8 Å². The Morgan fingerprint density at radius 2 is 1.80 bits per heavy atom. The first-order valence-electron chi connectivity index (χ1n) is 8.94. The molecule has 0 saturated heterocycles. The summed E-state index contributed by atoms with van der Waals surface area (Å²) >= 11 is 0. The third kappa shape index (κ3) is 4.13. The number of hydrogen-bond donors (Lipinski definition) is 1. The fraction of sp³-hybridized carbons (Fsp3) is 0.400. The highest BCUT2D eigenvalue weighted by molar-refractivity contribution is 6.02. The van der Waals surface area contributed by atoms with Crippen molar-refractivity contribution < 1.29 is 38.7 Å². The number of carbonyl (C=O) groups is 4. The van der Waals surface area contributed by atoms with Crippen molar-refractivity contribution >= 4 is 29.2 Å². The lowest BCUT2D eigenvalue weighted by Gasteiger charge is -2.29. The molecular formula is C20H21NO9. The standard InChI is InChI=1S/C12H14O6.C8H7NO3/c1-5-7-6(10(14)17-3)4-18-11(15)8(7)12(2,16)9(5)13;1-6(10)7-2-4-8(5-3-7)9(11)12/h4-5,7-8,16H,1-3H3;2-5H,1H3/t5-,7+,8+,12+;/m0./s1. The van der Waals surface area contributed by atoms with E-state index in [1.807, 2.05) is 0 Å². The van der Waals surface area contributed by atoms with Gasteiger partial charge in [-0.2, -0.15) is 0 Å². The minimum absolute atomic E-state index is 0.000000000000000222. The average molecular weight is 419 g/mol. The Hall–Kier alpha value is -3.40. The number of rotatable bonds is 3. The number of benzene rings is 1. The predicted octanol–water partition coefficient (Wildman–Crippen LogP) is 1.60. The Kier molecular flexibility index (Phi) is 6.51. The topological polar surface area (TPSA) is 150 Å². The van der Waals surface area contributed by atoms with Crippen LogP contribution in [0.25, 0.3) is 0 Å². The summed E-state index contributed by atoms with van der Waals surface area (Å²) in [5.41, 5.74) is -1.21. The van der Waals surface area contributed by atoms with Crippen molar-refractivity contribution in [2.45, 2.75) is 26.4 Å². The second-order valence-electron chi connectivity index (χ2n) is 7.17. The molecule has 1 heterocycles. The van der Waals surface area contributed by atoms with Gasteiger partial charge >= 0.3 is 11.9 Å². The quantitative estimate of drug-likeness (QED) is 0.333. The zero-order chi connectivity index (χ0) is 22.8. The van der Waals surface area contributed by atoms with E-state index in [9.17, 15) is 34.4 Å². The fourth-order valence-corrected chi connectivity index (χ4v) is 3.63. The van der Waals surface area contributed by atoms with Gasteiger partial charge in [0.25, 0.3) is 5.69 Å². The molecule has 0 aromatic heterocycles. The number of hydrogen-bond acceptors (Lipinski definition) is 9. The fourth-order valence-electron chi connectivity index (χ4n) is 3.63. The maximum Gasteiger partial charge on any atom is 0.337 e. The number of nitro benzene ring substituents is 1. The molecule has 30 heavy (non-hydrogen) atoms. The van der Waals surface area contributed by atoms with Crippen molar-refractivity contribution in [3.63, 3.8) is 0 Å². The molecule has 1 N–H and O–H groups in total. The molecule has 1 fully saturated rings. The van der Waals surface area contributed by atoms with E-state index in [4.69, 9.17) is 4.74 Å². The molecule has 1 aliphatic heterocycles. The van der Waals surface area contributed by atoms with Gasteiger partial charge in [-0.15, -0.1) is 0 Å². The van der Waals surface area contributed by atoms with E-state index in [0.29, 0.717) is 5.56 Å². The van der Waals surface area contributed by atoms with E-state index in [2.05, 4.69) is 4.74 Å². The van der Waals surface area contributed by atoms with Crippen LogP contribution in [0.3, 0.4) is 0 Å². The van der Waals surface area contributed by atoms with Crippen molar-refractivity contribution in [2.24, 2.45) is 17.8 Å². The number of ketones is 2. The van der Waals surface area contributed by atoms with Crippen LogP contribution in [-0.2, 0) is 23.9 Å². The van der Waals surface area contributed by atoms with Crippen LogP contribution in [-0.4, -0.2) is 46.2 Å². The van der Waals surface area contributed by atoms with Crippen LogP contribution in [0.15, 0.2) is 36.1 Å². The van der Waals surface area contributed by atoms with Gasteiger partial charge in [-0.3, -0.25) is 24.5 Å². The van der Waals surface area contributed by atoms with Crippen molar-refractivity contribution in [1.82, 2.24) is 0 Å². The largest absolute Gasteiger partial charge is 0.466 e. The normalized spacial score (nSPS) is 27.1. The molecule has 10 heteroatoms. The third-order valence-electron chi connectivity index (χ3n) is 5.24. The van der Waals surface area contributed by atoms with E-state index in [0.717, 1.165) is 6.26 Å². The summed E-state index contributed by atoms with van der Waals surface area (Å²) in [4.78, 5) is 55.7. The highest BCUT2D eigenvalue weighted by Crippen LogP contribution is 2.47. The van der Waals surface area contributed by atoms with Gasteiger partial charge < -0.3 is 14.6 Å². The molecule has 1 saturated carbocycles. The zero-order valence-electron chi connectivity index (χ0n) is 16.8. The van der Waals surface area contributed by atoms with Crippen LogP contribution in [0.2, 0.25) is 0 Å². The van der Waals surface area contributed by atoms with Crippen molar-refractivity contribution in [3.8, 4) is 0 Å². The molecule has 10 nitrogen and oxygen atoms in total. The van der Waals surface area contributed by atoms with Gasteiger partial charge in [-0.25, -0.2) is 4.79 Å². The van der Waals surface area contributed by atoms with E-state index in [1.165, 1.54) is 45.2 Å². The number of nitrogens with zero attached hydrogens (tertiary/aromatic N) is 1. The number of nitro groups is 1. The second-order valence-corrected chi connectivity index (χ2v) is 7.17. The molecule has 3 rings (SSSR count). The molecule has 1 aromatic carbocycles. The monoisotopic (exact) mass is 419 g/mol. The van der Waals surface area contributed by atoms with E-state index in [1.54, 1.807) is 6.92 Å². The van der Waals surface area contributed by atoms with E-state index >= 15 is 0 Å². The lowest BCUT2D eigenvalue weighted by molar-refractivity contribution is -0.384. The number of carbonyl (C=O) groups excluding carboxylic acids is 4. The average Bonchev–Trinajstić information content (AvgIpc) is 2.89. The summed E-state index contributed by atoms with van der Waals surface area (Å²) in [6.45, 7) is 4.27. The van der Waals surface area contributed by atoms with Crippen LogP contribution in [0.4, 0.5) is 5.69 Å². The van der Waals surface area contributed by atoms with Crippen LogP contribution < -0.4 is 0 Å². The number of esters is 2. The number of Topliss-reactive ketones (excluding diaryl/α,β-unsaturated/α-hetero) is 2. The first-order valence-corrected chi connectivity index (χ1v) is 8.94. The summed E-state index contributed by atoms with van der Waals surface area (Å²) in [7, 11) is 1.20. The summed E-state index contributed by atoms with van der Waals surface area (Å²) < 4.78 is 9.34. The SMILES string of the molecule is CC(=O)c1ccc([N+](=O)[O-])cc1.COC(=O)C1=COC(=O)[C@H]2[C@@H]1[C@H](C)C(=O)[C@]2(C)O. The minimum atomic E-state index is -1.81. The number of cyclic esters (lactones) is 1. The minimum Gasteiger partial charge on any atom is -0.466 e. The van der Waals surface area contributed by atoms with Crippen LogP contribution >= 0.6 is 0 Å². The Labute approximate surface area is 171 Å². The molecular weight excluding hydrogens is 398 g/mol. The molecule has 0 bridgehead atoms. The zero-order valence-corrected chi connectivity index (χ0v) is 16.8. The van der Waals surface area contributed by atoms with Crippen LogP contribution in [0, 0.1) is 27.9 Å². The Bertz CT molecular complexity index is 897. The highest BCUT2D eigenvalue weighted by atomic mass is 16.6. The maximum atomic E-state index is 12.0. The lowest BCUT2D eigenvalue weighted by Crippen LogP contribution is -2.44. The van der Waals surface area contributed by atoms with E-state index in [-0.39, 0.29) is 17.0 Å². The molecule has 0 amide bonds. The molecule has 4 atom stereocenters. The van der Waals surface area contributed by atoms with Gasteiger partial charge in [-0.1, -0.05) is 6.92 Å². The van der Waals surface area contributed by atoms with E-state index < -0.39 is 46.0 Å². The van der Waals surface area contributed by atoms with Gasteiger partial charge in [-0.05, 0) is 26.0 Å². The molecule has 0 spiro atoms. The van der Waals surface area contributed by atoms with Crippen molar-refractivity contribution in [1.29, 1.82) is 0 Å². The van der Waals surface area contributed by atoms with Crippen molar-refractivity contribution in [2.75, 3.05) is 7.11 Å². The Morgan fingerprint density at radius 1 is 1.23 bits per heavy atom. The molecule has 0 unspecified atom stereocenters. The summed E-state index contributed by atoms with van der Waals surface area (Å²) in [6.07, 6.45) is 1.01. The first-order chi connectivity index (χ1) is 13.9. The number of methoxy groups -OCH3 is 1. The van der Waals surface area contributed by atoms with Gasteiger partial charge in [0.15, 0.2) is 11.6 Å². The second kappa shape index (κ2) is 8.54. The molecule has 2 aliphatic rings. The summed E-state index contributed by atoms with van der Waals surface area (Å²) in [5, 5.41) is 20.3. The molecule has 0 radical (unpaired) electrons. The number of ether oxygens (including phenoxy) is 2. The summed E-state index contributed by atoms with van der Waals surface area (Å²) in [5.74, 6) is -4.30. The van der Waals surface area contributed by atoms with Gasteiger partial charge in [0, 0.05) is 29.5 Å². The highest BCUT2D eigenvalue weighted by Gasteiger charge is 2.62. The number of fused-ring (bicyclic) bond motifs is 1. The summed E-state index contributed by atoms with van der Waals surface area (Å²) in [6, 6.07) is 5.52. The van der Waals surface area contributed by atoms with Gasteiger partial charge in [0.05, 0.1) is 17.6 Å². The Balaban J connectivity index is 0.000000232. The first kappa shape index (κ1) is 22.9. The Morgan fingerprint density at radius 3 is 2.27 bits per heavy atom. The van der Waals surface area contributed by atoms with Gasteiger partial charge in [0.2, 0.25) is 0 Å².